The SMILES string of the molecule is F.F.F.O.O.[B]. The van der Waals surface area contributed by atoms with Crippen molar-refractivity contribution in [1.82, 2.24) is 0 Å². The van der Waals surface area contributed by atoms with Gasteiger partial charge in [-0.05, 0) is 0 Å². The molecular weight excluding hydrogens is 99.8 g/mol. The number of rotatable bonds is 0. The first-order chi connectivity index (χ1) is 0. The van der Waals surface area contributed by atoms with Crippen LogP contribution < -0.4 is 0 Å². The second-order valence-corrected chi connectivity index (χ2v) is 0. The van der Waals surface area contributed by atoms with E-state index < -0.39 is 0 Å². The Morgan fingerprint density at radius 1 is 0.500 bits per heavy atom. The summed E-state index contributed by atoms with van der Waals surface area (Å²) in [7, 11) is 0. The minimum atomic E-state index is 0. The van der Waals surface area contributed by atoms with Gasteiger partial charge in [-0.1, -0.05) is 0 Å². The van der Waals surface area contributed by atoms with Gasteiger partial charge in [-0.3, -0.25) is 14.1 Å². The molecule has 6 heavy (non-hydrogen) atoms. The maximum Gasteiger partial charge on any atom is 0 e. The van der Waals surface area contributed by atoms with Crippen molar-refractivity contribution in [2.75, 3.05) is 0 Å². The summed E-state index contributed by atoms with van der Waals surface area (Å²) in [6.45, 7) is 0. The number of hydrogen-bond donors (Lipinski definition) is 0. The van der Waals surface area contributed by atoms with Crippen molar-refractivity contribution in [1.29, 1.82) is 0 Å². The molecule has 3 radical (unpaired) electrons. The summed E-state index contributed by atoms with van der Waals surface area (Å²) in [5, 5.41) is 0. The Morgan fingerprint density at radius 3 is 0.500 bits per heavy atom. The van der Waals surface area contributed by atoms with Crippen LogP contribution in [0, 0.1) is 0 Å². The molecule has 0 fully saturated rings. The van der Waals surface area contributed by atoms with Crippen LogP contribution in [0.4, 0.5) is 14.1 Å². The summed E-state index contributed by atoms with van der Waals surface area (Å²) in [5.74, 6) is 0. The van der Waals surface area contributed by atoms with E-state index in [0.717, 1.165) is 0 Å². The fourth-order valence-corrected chi connectivity index (χ4v) is 0. The van der Waals surface area contributed by atoms with Gasteiger partial charge in [0.25, 0.3) is 0 Å². The predicted molar refractivity (Wildman–Crippen MR) is 20.5 cm³/mol. The van der Waals surface area contributed by atoms with Crippen LogP contribution in [0.2, 0.25) is 0 Å². The molecule has 0 spiro atoms. The molecule has 0 saturated carbocycles. The van der Waals surface area contributed by atoms with E-state index in [9.17, 15) is 0 Å². The maximum atomic E-state index is 0. The molecule has 0 amide bonds. The third-order valence-corrected chi connectivity index (χ3v) is 0. The van der Waals surface area contributed by atoms with Gasteiger partial charge in [0.1, 0.15) is 0 Å². The van der Waals surface area contributed by atoms with Crippen LogP contribution >= 0.6 is 0 Å². The van der Waals surface area contributed by atoms with Gasteiger partial charge in [-0.2, -0.15) is 0 Å². The van der Waals surface area contributed by atoms with Crippen LogP contribution in [0.5, 0.6) is 0 Å². The zero-order valence-corrected chi connectivity index (χ0v) is 2.80. The summed E-state index contributed by atoms with van der Waals surface area (Å²) < 4.78 is 0. The Kier molecular flexibility index (Phi) is 582000. The highest BCUT2D eigenvalue weighted by Crippen LogP contribution is 0.422. The lowest BCUT2D eigenvalue weighted by Gasteiger charge is -0.413. The zero-order chi connectivity index (χ0) is 0. The molecule has 2 nitrogen and oxygen atoms in total. The Bertz CT molecular complexity index is 8.75. The van der Waals surface area contributed by atoms with Crippen LogP contribution in [0.3, 0.4) is 0 Å². The molecule has 4 N–H and O–H groups in total. The molecule has 0 unspecified atom stereocenters. The minimum absolute atomic E-state index is 0. The molecule has 0 aliphatic carbocycles. The minimum Gasteiger partial charge on any atom is -0.412 e. The smallest absolute Gasteiger partial charge is 0 e. The van der Waals surface area contributed by atoms with Crippen LogP contribution in [-0.4, -0.2) is 19.4 Å². The molecule has 0 rings (SSSR count). The quantitative estimate of drug-likeness (QED) is 0.335. The summed E-state index contributed by atoms with van der Waals surface area (Å²) >= 11 is 0. The fourth-order valence-electron chi connectivity index (χ4n) is 0. The molecule has 0 heterocycles. The first-order valence-electron chi connectivity index (χ1n) is 0. The van der Waals surface area contributed by atoms with E-state index in [-0.39, 0.29) is 33.5 Å². The lowest BCUT2D eigenvalue weighted by atomic mass is 10.8. The van der Waals surface area contributed by atoms with Gasteiger partial charge in [0.05, 0.1) is 0 Å². The molecule has 0 aliphatic rings. The predicted octanol–water partition coefficient (Wildman–Crippen LogP) is -1.57. The third kappa shape index (κ3) is 574. The van der Waals surface area contributed by atoms with E-state index in [1.165, 1.54) is 0 Å². The van der Waals surface area contributed by atoms with Gasteiger partial charge >= 0.3 is 0 Å². The van der Waals surface area contributed by atoms with E-state index >= 15 is 0 Å². The average Bonchev–Trinajstić information content (AvgIpc) is 0. The summed E-state index contributed by atoms with van der Waals surface area (Å²) in [5.41, 5.74) is 0. The summed E-state index contributed by atoms with van der Waals surface area (Å²) in [4.78, 5) is 0. The maximum absolute atomic E-state index is 0. The summed E-state index contributed by atoms with van der Waals surface area (Å²) in [6, 6.07) is 0. The summed E-state index contributed by atoms with van der Waals surface area (Å²) in [6.07, 6.45) is 0. The standard InChI is InChI=1S/B.3FH.2H2O/h;3*1H;2*1H2. The lowest BCUT2D eigenvalue weighted by molar-refractivity contribution is 0.823. The molecule has 6 heteroatoms. The van der Waals surface area contributed by atoms with Gasteiger partial charge in [0, 0.05) is 8.41 Å². The van der Waals surface area contributed by atoms with E-state index in [4.69, 9.17) is 0 Å². The normalized spacial score (nSPS) is 0. The van der Waals surface area contributed by atoms with Crippen molar-refractivity contribution < 1.29 is 25.1 Å². The molecule has 0 bridgehead atoms. The fraction of sp³-hybridized carbons (Fsp3) is 0. The molecule has 0 saturated heterocycles. The molecule has 0 aromatic carbocycles. The van der Waals surface area contributed by atoms with Gasteiger partial charge in [-0.15, -0.1) is 0 Å². The van der Waals surface area contributed by atoms with Crippen molar-refractivity contribution in [3.05, 3.63) is 0 Å². The lowest BCUT2D eigenvalue weighted by Crippen LogP contribution is -0.381. The van der Waals surface area contributed by atoms with Crippen molar-refractivity contribution in [3.8, 4) is 0 Å². The van der Waals surface area contributed by atoms with E-state index in [1.54, 1.807) is 0 Å². The molecule has 0 aromatic heterocycles. The zero-order valence-electron chi connectivity index (χ0n) is 2.80. The van der Waals surface area contributed by atoms with Crippen molar-refractivity contribution in [2.45, 2.75) is 0 Å². The van der Waals surface area contributed by atoms with E-state index in [1.807, 2.05) is 0 Å². The molecule has 0 atom stereocenters. The monoisotopic (exact) mass is 107 g/mol. The highest BCUT2D eigenvalue weighted by molar-refractivity contribution is 5.75. The Hall–Kier alpha value is -0.225. The molecule has 0 aliphatic heterocycles. The van der Waals surface area contributed by atoms with E-state index in [2.05, 4.69) is 0 Å². The second kappa shape index (κ2) is 1340. The van der Waals surface area contributed by atoms with Gasteiger partial charge < -0.3 is 11.0 Å². The number of halogens is 3. The highest BCUT2D eigenvalue weighted by atomic mass is 19.0. The Labute approximate surface area is 34.8 Å². The van der Waals surface area contributed by atoms with Gasteiger partial charge in [0.2, 0.25) is 0 Å². The second-order valence-electron chi connectivity index (χ2n) is 0. The van der Waals surface area contributed by atoms with Crippen molar-refractivity contribution in [3.63, 3.8) is 0 Å². The molecule has 0 aromatic rings. The van der Waals surface area contributed by atoms with E-state index in [0.29, 0.717) is 0 Å². The topological polar surface area (TPSA) is 63.0 Å². The van der Waals surface area contributed by atoms with Crippen LogP contribution in [0.1, 0.15) is 0 Å². The van der Waals surface area contributed by atoms with Crippen molar-refractivity contribution >= 4 is 8.41 Å². The van der Waals surface area contributed by atoms with Gasteiger partial charge in [0.15, 0.2) is 0 Å². The largest absolute Gasteiger partial charge is 0.412 e. The molecule has 43 valence electrons. The first-order valence-corrected chi connectivity index (χ1v) is 0. The Balaban J connectivity index is 0. The molecular formula is H7BF3O2. The third-order valence-electron chi connectivity index (χ3n) is 0. The van der Waals surface area contributed by atoms with Crippen molar-refractivity contribution in [2.24, 2.45) is 0 Å². The first kappa shape index (κ1) is 2600. The van der Waals surface area contributed by atoms with Crippen LogP contribution in [0.15, 0.2) is 0 Å². The Morgan fingerprint density at radius 2 is 0.500 bits per heavy atom. The highest BCUT2D eigenvalue weighted by Gasteiger charge is 0.0000162. The van der Waals surface area contributed by atoms with Crippen LogP contribution in [-0.2, 0) is 0 Å². The average molecular weight is 107 g/mol. The number of hydrogen-bond acceptors (Lipinski definition) is 0. The van der Waals surface area contributed by atoms with Crippen LogP contribution in [0.25, 0.3) is 0 Å². The van der Waals surface area contributed by atoms with Gasteiger partial charge in [-0.25, -0.2) is 0 Å².